The summed E-state index contributed by atoms with van der Waals surface area (Å²) in [5.41, 5.74) is -0.447. The zero-order valence-corrected chi connectivity index (χ0v) is 7.84. The van der Waals surface area contributed by atoms with E-state index in [0.29, 0.717) is 6.54 Å². The van der Waals surface area contributed by atoms with Crippen LogP contribution in [0.25, 0.3) is 0 Å². The molecule has 2 unspecified atom stereocenters. The number of ether oxygens (including phenoxy) is 2. The largest absolute Gasteiger partial charge is 0.439 e. The van der Waals surface area contributed by atoms with Crippen LogP contribution in [0.15, 0.2) is 0 Å². The van der Waals surface area contributed by atoms with E-state index in [-0.39, 0.29) is 12.2 Å². The molecule has 13 heavy (non-hydrogen) atoms. The number of amides is 1. The Morgan fingerprint density at radius 1 is 1.54 bits per heavy atom. The third-order valence-corrected chi connectivity index (χ3v) is 2.77. The SMILES string of the molecule is CC1(C2CCCCO2)CNC(=O)O1. The summed E-state index contributed by atoms with van der Waals surface area (Å²) in [6.07, 6.45) is 3.02. The Morgan fingerprint density at radius 2 is 2.38 bits per heavy atom. The van der Waals surface area contributed by atoms with Crippen LogP contribution in [0.1, 0.15) is 26.2 Å². The molecule has 0 bridgehead atoms. The van der Waals surface area contributed by atoms with Crippen LogP contribution in [0.2, 0.25) is 0 Å². The van der Waals surface area contributed by atoms with Gasteiger partial charge in [0.15, 0.2) is 5.60 Å². The highest BCUT2D eigenvalue weighted by Gasteiger charge is 2.44. The zero-order valence-electron chi connectivity index (χ0n) is 7.84. The lowest BCUT2D eigenvalue weighted by Gasteiger charge is -2.34. The molecule has 0 saturated carbocycles. The molecule has 2 fully saturated rings. The van der Waals surface area contributed by atoms with Crippen molar-refractivity contribution in [2.75, 3.05) is 13.2 Å². The Balaban J connectivity index is 2.01. The summed E-state index contributed by atoms with van der Waals surface area (Å²) in [5.74, 6) is 0. The number of nitrogens with one attached hydrogen (secondary N) is 1. The van der Waals surface area contributed by atoms with E-state index in [4.69, 9.17) is 9.47 Å². The predicted molar refractivity (Wildman–Crippen MR) is 46.5 cm³/mol. The van der Waals surface area contributed by atoms with Crippen LogP contribution in [-0.4, -0.2) is 30.9 Å². The van der Waals surface area contributed by atoms with Gasteiger partial charge in [0.1, 0.15) is 0 Å². The number of cyclic esters (lactones) is 1. The molecule has 1 amide bonds. The normalized spacial score (nSPS) is 39.8. The van der Waals surface area contributed by atoms with E-state index < -0.39 is 5.60 Å². The van der Waals surface area contributed by atoms with Gasteiger partial charge in [-0.25, -0.2) is 4.79 Å². The number of hydrogen-bond donors (Lipinski definition) is 1. The maximum atomic E-state index is 10.9. The van der Waals surface area contributed by atoms with Gasteiger partial charge in [-0.1, -0.05) is 0 Å². The average Bonchev–Trinajstić information content (AvgIpc) is 2.49. The molecule has 0 spiro atoms. The van der Waals surface area contributed by atoms with E-state index in [1.54, 1.807) is 0 Å². The summed E-state index contributed by atoms with van der Waals surface area (Å²) in [6, 6.07) is 0. The molecular weight excluding hydrogens is 170 g/mol. The molecule has 0 aromatic carbocycles. The Bertz CT molecular complexity index is 213. The minimum atomic E-state index is -0.447. The minimum absolute atomic E-state index is 0.0696. The maximum absolute atomic E-state index is 10.9. The molecule has 2 heterocycles. The van der Waals surface area contributed by atoms with Crippen molar-refractivity contribution in [1.29, 1.82) is 0 Å². The van der Waals surface area contributed by atoms with Crippen molar-refractivity contribution in [2.45, 2.75) is 37.9 Å². The van der Waals surface area contributed by atoms with Crippen molar-refractivity contribution in [3.63, 3.8) is 0 Å². The molecule has 2 aliphatic heterocycles. The third-order valence-electron chi connectivity index (χ3n) is 2.77. The van der Waals surface area contributed by atoms with Crippen molar-refractivity contribution >= 4 is 6.09 Å². The van der Waals surface area contributed by atoms with Crippen LogP contribution in [0.3, 0.4) is 0 Å². The van der Waals surface area contributed by atoms with Gasteiger partial charge in [0.2, 0.25) is 0 Å². The van der Waals surface area contributed by atoms with Gasteiger partial charge in [-0.15, -0.1) is 0 Å². The van der Waals surface area contributed by atoms with Crippen molar-refractivity contribution in [1.82, 2.24) is 5.32 Å². The highest BCUT2D eigenvalue weighted by Crippen LogP contribution is 2.28. The number of rotatable bonds is 1. The summed E-state index contributed by atoms with van der Waals surface area (Å²) in [6.45, 7) is 3.29. The highest BCUT2D eigenvalue weighted by atomic mass is 16.6. The molecule has 2 aliphatic rings. The van der Waals surface area contributed by atoms with Gasteiger partial charge in [-0.2, -0.15) is 0 Å². The van der Waals surface area contributed by atoms with Gasteiger partial charge in [0, 0.05) is 6.61 Å². The standard InChI is InChI=1S/C9H15NO3/c1-9(6-10-8(11)13-9)7-4-2-3-5-12-7/h7H,2-6H2,1H3,(H,10,11). The molecule has 4 nitrogen and oxygen atoms in total. The Morgan fingerprint density at radius 3 is 2.92 bits per heavy atom. The number of hydrogen-bond acceptors (Lipinski definition) is 3. The van der Waals surface area contributed by atoms with Gasteiger partial charge >= 0.3 is 6.09 Å². The number of carbonyl (C=O) groups is 1. The van der Waals surface area contributed by atoms with Crippen LogP contribution in [0.5, 0.6) is 0 Å². The van der Waals surface area contributed by atoms with E-state index in [1.807, 2.05) is 6.92 Å². The first-order valence-corrected chi connectivity index (χ1v) is 4.79. The van der Waals surface area contributed by atoms with E-state index in [2.05, 4.69) is 5.32 Å². The number of alkyl carbamates (subject to hydrolysis) is 1. The van der Waals surface area contributed by atoms with Crippen molar-refractivity contribution in [3.05, 3.63) is 0 Å². The van der Waals surface area contributed by atoms with Gasteiger partial charge in [-0.3, -0.25) is 0 Å². The predicted octanol–water partition coefficient (Wildman–Crippen LogP) is 1.05. The first kappa shape index (κ1) is 8.81. The summed E-state index contributed by atoms with van der Waals surface area (Å²) in [5, 5.41) is 2.67. The smallest absolute Gasteiger partial charge is 0.407 e. The molecule has 4 heteroatoms. The van der Waals surface area contributed by atoms with Gasteiger partial charge in [-0.05, 0) is 26.2 Å². The van der Waals surface area contributed by atoms with Crippen LogP contribution < -0.4 is 5.32 Å². The van der Waals surface area contributed by atoms with Crippen LogP contribution in [-0.2, 0) is 9.47 Å². The molecule has 1 N–H and O–H groups in total. The second kappa shape index (κ2) is 3.18. The fraction of sp³-hybridized carbons (Fsp3) is 0.889. The molecule has 0 aromatic rings. The summed E-state index contributed by atoms with van der Waals surface area (Å²) < 4.78 is 10.8. The molecule has 2 saturated heterocycles. The van der Waals surface area contributed by atoms with Crippen LogP contribution in [0, 0.1) is 0 Å². The molecule has 2 rings (SSSR count). The number of carbonyl (C=O) groups excluding carboxylic acids is 1. The first-order valence-electron chi connectivity index (χ1n) is 4.79. The van der Waals surface area contributed by atoms with Gasteiger partial charge < -0.3 is 14.8 Å². The molecule has 2 atom stereocenters. The molecular formula is C9H15NO3. The fourth-order valence-corrected chi connectivity index (χ4v) is 1.93. The van der Waals surface area contributed by atoms with Crippen LogP contribution in [0.4, 0.5) is 4.79 Å². The van der Waals surface area contributed by atoms with Gasteiger partial charge in [0.25, 0.3) is 0 Å². The Kier molecular flexibility index (Phi) is 2.15. The molecule has 0 aromatic heterocycles. The second-order valence-electron chi connectivity index (χ2n) is 3.91. The average molecular weight is 185 g/mol. The maximum Gasteiger partial charge on any atom is 0.407 e. The Hall–Kier alpha value is -0.770. The van der Waals surface area contributed by atoms with Crippen molar-refractivity contribution in [2.24, 2.45) is 0 Å². The van der Waals surface area contributed by atoms with Crippen LogP contribution >= 0.6 is 0 Å². The minimum Gasteiger partial charge on any atom is -0.439 e. The topological polar surface area (TPSA) is 47.6 Å². The van der Waals surface area contributed by atoms with E-state index >= 15 is 0 Å². The quantitative estimate of drug-likeness (QED) is 0.664. The summed E-state index contributed by atoms with van der Waals surface area (Å²) >= 11 is 0. The van der Waals surface area contributed by atoms with E-state index in [0.717, 1.165) is 25.9 Å². The lowest BCUT2D eigenvalue weighted by molar-refractivity contribution is -0.0995. The monoisotopic (exact) mass is 185 g/mol. The summed E-state index contributed by atoms with van der Waals surface area (Å²) in [4.78, 5) is 10.9. The van der Waals surface area contributed by atoms with Crippen molar-refractivity contribution in [3.8, 4) is 0 Å². The summed E-state index contributed by atoms with van der Waals surface area (Å²) in [7, 11) is 0. The lowest BCUT2D eigenvalue weighted by Crippen LogP contribution is -2.45. The molecule has 74 valence electrons. The third kappa shape index (κ3) is 1.63. The molecule has 0 radical (unpaired) electrons. The lowest BCUT2D eigenvalue weighted by atomic mass is 9.93. The zero-order chi connectivity index (χ0) is 9.31. The van der Waals surface area contributed by atoms with E-state index in [1.165, 1.54) is 0 Å². The fourth-order valence-electron chi connectivity index (χ4n) is 1.93. The second-order valence-corrected chi connectivity index (χ2v) is 3.91. The first-order chi connectivity index (χ1) is 6.21. The highest BCUT2D eigenvalue weighted by molar-refractivity contribution is 5.70. The van der Waals surface area contributed by atoms with Crippen molar-refractivity contribution < 1.29 is 14.3 Å². The van der Waals surface area contributed by atoms with E-state index in [9.17, 15) is 4.79 Å². The van der Waals surface area contributed by atoms with Gasteiger partial charge in [0.05, 0.1) is 12.6 Å². The molecule has 0 aliphatic carbocycles. The Labute approximate surface area is 77.6 Å².